The van der Waals surface area contributed by atoms with E-state index in [2.05, 4.69) is 10.1 Å². The standard InChI is InChI=1S/C20H21ClN4O2/c1-14-10-23-24(12-14)13-19(26)25-8-4-7-18(25)20-22-11-16(27-20)9-15-5-2-3-6-17(15)21/h2-3,5-6,10-12,18H,4,7-9,13H2,1H3/t18-/m0/s1. The molecule has 1 aliphatic rings. The maximum Gasteiger partial charge on any atom is 0.244 e. The number of likely N-dealkylation sites (tertiary alicyclic amines) is 1. The molecule has 0 bridgehead atoms. The van der Waals surface area contributed by atoms with Gasteiger partial charge >= 0.3 is 0 Å². The first-order valence-electron chi connectivity index (χ1n) is 9.06. The molecule has 0 saturated carbocycles. The van der Waals surface area contributed by atoms with E-state index < -0.39 is 0 Å². The third-order valence-corrected chi connectivity index (χ3v) is 5.18. The predicted molar refractivity (Wildman–Crippen MR) is 101 cm³/mol. The quantitative estimate of drug-likeness (QED) is 0.671. The highest BCUT2D eigenvalue weighted by Gasteiger charge is 2.33. The fraction of sp³-hybridized carbons (Fsp3) is 0.350. The molecular formula is C20H21ClN4O2. The van der Waals surface area contributed by atoms with Crippen LogP contribution in [-0.4, -0.2) is 32.1 Å². The largest absolute Gasteiger partial charge is 0.443 e. The van der Waals surface area contributed by atoms with Crippen molar-refractivity contribution in [3.8, 4) is 0 Å². The second-order valence-corrected chi connectivity index (χ2v) is 7.30. The van der Waals surface area contributed by atoms with E-state index in [0.29, 0.717) is 23.9 Å². The van der Waals surface area contributed by atoms with E-state index in [1.807, 2.05) is 42.3 Å². The van der Waals surface area contributed by atoms with E-state index in [4.69, 9.17) is 16.0 Å². The molecule has 1 aliphatic heterocycles. The molecule has 0 aliphatic carbocycles. The van der Waals surface area contributed by atoms with Gasteiger partial charge in [0, 0.05) is 24.2 Å². The van der Waals surface area contributed by atoms with Crippen LogP contribution >= 0.6 is 11.6 Å². The second kappa shape index (κ2) is 7.56. The third-order valence-electron chi connectivity index (χ3n) is 4.81. The number of rotatable bonds is 5. The summed E-state index contributed by atoms with van der Waals surface area (Å²) < 4.78 is 7.65. The Hall–Kier alpha value is -2.60. The number of amides is 1. The number of carbonyl (C=O) groups excluding carboxylic acids is 1. The Morgan fingerprint density at radius 1 is 1.33 bits per heavy atom. The van der Waals surface area contributed by atoms with Crippen LogP contribution in [0, 0.1) is 6.92 Å². The van der Waals surface area contributed by atoms with E-state index in [9.17, 15) is 4.79 Å². The lowest BCUT2D eigenvalue weighted by atomic mass is 10.1. The van der Waals surface area contributed by atoms with Gasteiger partial charge in [-0.15, -0.1) is 0 Å². The number of oxazole rings is 1. The van der Waals surface area contributed by atoms with Crippen LogP contribution in [0.2, 0.25) is 5.02 Å². The normalized spacial score (nSPS) is 16.8. The van der Waals surface area contributed by atoms with Crippen LogP contribution in [0.25, 0.3) is 0 Å². The van der Waals surface area contributed by atoms with Crippen LogP contribution in [0.1, 0.15) is 41.7 Å². The summed E-state index contributed by atoms with van der Waals surface area (Å²) in [6.07, 6.45) is 7.74. The zero-order valence-corrected chi connectivity index (χ0v) is 15.9. The summed E-state index contributed by atoms with van der Waals surface area (Å²) in [7, 11) is 0. The number of aromatic nitrogens is 3. The Labute approximate surface area is 162 Å². The number of nitrogens with zero attached hydrogens (tertiary/aromatic N) is 4. The van der Waals surface area contributed by atoms with E-state index in [1.165, 1.54) is 0 Å². The molecule has 7 heteroatoms. The Morgan fingerprint density at radius 2 is 2.19 bits per heavy atom. The molecule has 1 fully saturated rings. The Morgan fingerprint density at radius 3 is 2.96 bits per heavy atom. The highest BCUT2D eigenvalue weighted by molar-refractivity contribution is 6.31. The van der Waals surface area contributed by atoms with Crippen molar-refractivity contribution in [1.82, 2.24) is 19.7 Å². The van der Waals surface area contributed by atoms with Gasteiger partial charge in [-0.25, -0.2) is 4.98 Å². The second-order valence-electron chi connectivity index (χ2n) is 6.89. The lowest BCUT2D eigenvalue weighted by Gasteiger charge is -2.22. The molecule has 6 nitrogen and oxygen atoms in total. The molecule has 1 amide bonds. The minimum Gasteiger partial charge on any atom is -0.443 e. The zero-order chi connectivity index (χ0) is 18.8. The average molecular weight is 385 g/mol. The molecule has 0 radical (unpaired) electrons. The summed E-state index contributed by atoms with van der Waals surface area (Å²) in [6, 6.07) is 7.58. The molecule has 27 heavy (non-hydrogen) atoms. The number of carbonyl (C=O) groups is 1. The van der Waals surface area contributed by atoms with Crippen molar-refractivity contribution in [2.75, 3.05) is 6.54 Å². The molecule has 3 heterocycles. The lowest BCUT2D eigenvalue weighted by Crippen LogP contribution is -2.33. The number of aryl methyl sites for hydroxylation is 1. The summed E-state index contributed by atoms with van der Waals surface area (Å²) in [5, 5.41) is 4.91. The van der Waals surface area contributed by atoms with Crippen LogP contribution in [0.4, 0.5) is 0 Å². The van der Waals surface area contributed by atoms with Gasteiger partial charge in [0.05, 0.1) is 12.4 Å². The van der Waals surface area contributed by atoms with Gasteiger partial charge in [-0.2, -0.15) is 5.10 Å². The lowest BCUT2D eigenvalue weighted by molar-refractivity contribution is -0.133. The van der Waals surface area contributed by atoms with Crippen molar-refractivity contribution < 1.29 is 9.21 Å². The summed E-state index contributed by atoms with van der Waals surface area (Å²) in [5.41, 5.74) is 2.04. The number of hydrogen-bond donors (Lipinski definition) is 0. The number of hydrogen-bond acceptors (Lipinski definition) is 4. The van der Waals surface area contributed by atoms with Crippen molar-refractivity contribution in [3.63, 3.8) is 0 Å². The summed E-state index contributed by atoms with van der Waals surface area (Å²) in [4.78, 5) is 19.0. The third kappa shape index (κ3) is 3.90. The maximum atomic E-state index is 12.7. The van der Waals surface area contributed by atoms with E-state index in [1.54, 1.807) is 17.1 Å². The molecule has 1 saturated heterocycles. The first kappa shape index (κ1) is 17.8. The van der Waals surface area contributed by atoms with Gasteiger partial charge in [0.25, 0.3) is 0 Å². The van der Waals surface area contributed by atoms with Crippen LogP contribution in [0.5, 0.6) is 0 Å². The Kier molecular flexibility index (Phi) is 4.99. The fourth-order valence-electron chi connectivity index (χ4n) is 3.49. The molecule has 2 aromatic heterocycles. The van der Waals surface area contributed by atoms with Crippen molar-refractivity contribution in [1.29, 1.82) is 0 Å². The van der Waals surface area contributed by atoms with Gasteiger partial charge in [0.2, 0.25) is 11.8 Å². The predicted octanol–water partition coefficient (Wildman–Crippen LogP) is 3.79. The van der Waals surface area contributed by atoms with Crippen molar-refractivity contribution in [2.24, 2.45) is 0 Å². The molecule has 140 valence electrons. The number of halogens is 1. The van der Waals surface area contributed by atoms with Gasteiger partial charge in [0.15, 0.2) is 0 Å². The van der Waals surface area contributed by atoms with Crippen LogP contribution in [-0.2, 0) is 17.8 Å². The molecule has 1 aromatic carbocycles. The number of benzene rings is 1. The average Bonchev–Trinajstić information content (AvgIpc) is 3.37. The molecule has 3 aromatic rings. The van der Waals surface area contributed by atoms with Crippen LogP contribution in [0.15, 0.2) is 47.3 Å². The molecule has 4 rings (SSSR count). The summed E-state index contributed by atoms with van der Waals surface area (Å²) >= 11 is 6.23. The first-order valence-corrected chi connectivity index (χ1v) is 9.44. The van der Waals surface area contributed by atoms with Gasteiger partial charge in [-0.3, -0.25) is 9.48 Å². The molecule has 0 spiro atoms. The first-order chi connectivity index (χ1) is 13.1. The molecule has 1 atom stereocenters. The van der Waals surface area contributed by atoms with Gasteiger partial charge in [-0.1, -0.05) is 29.8 Å². The molecule has 0 N–H and O–H groups in total. The minimum absolute atomic E-state index is 0.0338. The highest BCUT2D eigenvalue weighted by atomic mass is 35.5. The van der Waals surface area contributed by atoms with Gasteiger partial charge in [0.1, 0.15) is 18.3 Å². The van der Waals surface area contributed by atoms with Crippen molar-refractivity contribution in [3.05, 3.63) is 70.7 Å². The monoisotopic (exact) mass is 384 g/mol. The maximum absolute atomic E-state index is 12.7. The Balaban J connectivity index is 1.46. The Bertz CT molecular complexity index is 949. The van der Waals surface area contributed by atoms with Crippen molar-refractivity contribution in [2.45, 2.75) is 38.8 Å². The van der Waals surface area contributed by atoms with Crippen LogP contribution < -0.4 is 0 Å². The van der Waals surface area contributed by atoms with E-state index >= 15 is 0 Å². The molecular weight excluding hydrogens is 364 g/mol. The fourth-order valence-corrected chi connectivity index (χ4v) is 3.70. The summed E-state index contributed by atoms with van der Waals surface area (Å²) in [5.74, 6) is 1.38. The van der Waals surface area contributed by atoms with Gasteiger partial charge < -0.3 is 9.32 Å². The SMILES string of the molecule is Cc1cnn(CC(=O)N2CCC[C@H]2c2ncc(Cc3ccccc3Cl)o2)c1. The smallest absolute Gasteiger partial charge is 0.244 e. The van der Waals surface area contributed by atoms with Crippen molar-refractivity contribution >= 4 is 17.5 Å². The summed E-state index contributed by atoms with van der Waals surface area (Å²) in [6.45, 7) is 2.91. The molecule has 0 unspecified atom stereocenters. The van der Waals surface area contributed by atoms with Gasteiger partial charge in [-0.05, 0) is 37.0 Å². The minimum atomic E-state index is -0.117. The van der Waals surface area contributed by atoms with Crippen LogP contribution in [0.3, 0.4) is 0 Å². The topological polar surface area (TPSA) is 64.2 Å². The highest BCUT2D eigenvalue weighted by Crippen LogP contribution is 2.32. The zero-order valence-electron chi connectivity index (χ0n) is 15.1. The van der Waals surface area contributed by atoms with E-state index in [0.717, 1.165) is 29.7 Å². The van der Waals surface area contributed by atoms with E-state index in [-0.39, 0.29) is 18.5 Å².